The first-order valence-electron chi connectivity index (χ1n) is 6.57. The predicted octanol–water partition coefficient (Wildman–Crippen LogP) is 2.82. The Kier molecular flexibility index (Phi) is 3.91. The van der Waals surface area contributed by atoms with Crippen LogP contribution in [0.2, 0.25) is 5.02 Å². The molecular formula is C14H17ClN2OS. The second kappa shape index (κ2) is 5.65. The van der Waals surface area contributed by atoms with Crippen molar-refractivity contribution in [2.24, 2.45) is 0 Å². The molecule has 0 unspecified atom stereocenters. The number of rotatable bonds is 3. The molecule has 1 aliphatic rings. The van der Waals surface area contributed by atoms with Gasteiger partial charge in [-0.3, -0.25) is 4.21 Å². The van der Waals surface area contributed by atoms with Crippen molar-refractivity contribution in [2.75, 3.05) is 11.5 Å². The molecule has 3 nitrogen and oxygen atoms in total. The van der Waals surface area contributed by atoms with Crippen molar-refractivity contribution >= 4 is 33.3 Å². The van der Waals surface area contributed by atoms with E-state index in [1.165, 1.54) is 0 Å². The Morgan fingerprint density at radius 2 is 2.05 bits per heavy atom. The largest absolute Gasteiger partial charge is 0.356 e. The van der Waals surface area contributed by atoms with Crippen molar-refractivity contribution in [2.45, 2.75) is 25.4 Å². The molecule has 0 aliphatic carbocycles. The van der Waals surface area contributed by atoms with Crippen LogP contribution in [0.5, 0.6) is 0 Å². The Hall–Kier alpha value is -0.840. The standard InChI is InChI=1S/C14H17ClN2OS/c15-14-11-3-1-2-4-12(11)17-13(14)9-16-10-5-7-19(18)8-6-10/h1-4,10,16-17H,5-9H2. The summed E-state index contributed by atoms with van der Waals surface area (Å²) in [6.07, 6.45) is 1.98. The molecule has 1 aliphatic heterocycles. The second-order valence-electron chi connectivity index (χ2n) is 4.97. The maximum atomic E-state index is 11.3. The van der Waals surface area contributed by atoms with Gasteiger partial charge in [-0.1, -0.05) is 29.8 Å². The lowest BCUT2D eigenvalue weighted by molar-refractivity contribution is 0.473. The molecule has 2 aromatic rings. The van der Waals surface area contributed by atoms with Crippen LogP contribution in [-0.4, -0.2) is 26.7 Å². The first-order valence-corrected chi connectivity index (χ1v) is 8.44. The summed E-state index contributed by atoms with van der Waals surface area (Å²) in [5, 5.41) is 5.39. The summed E-state index contributed by atoms with van der Waals surface area (Å²) in [6.45, 7) is 0.741. The summed E-state index contributed by atoms with van der Waals surface area (Å²) in [5.74, 6) is 1.64. The number of para-hydroxylation sites is 1. The highest BCUT2D eigenvalue weighted by Crippen LogP contribution is 2.27. The molecule has 0 saturated carbocycles. The van der Waals surface area contributed by atoms with Crippen LogP contribution in [-0.2, 0) is 17.3 Å². The lowest BCUT2D eigenvalue weighted by Gasteiger charge is -2.22. The first-order chi connectivity index (χ1) is 9.24. The molecule has 3 rings (SSSR count). The van der Waals surface area contributed by atoms with Crippen LogP contribution < -0.4 is 5.32 Å². The zero-order chi connectivity index (χ0) is 13.2. The van der Waals surface area contributed by atoms with Gasteiger partial charge in [0.25, 0.3) is 0 Å². The van der Waals surface area contributed by atoms with Crippen molar-refractivity contribution in [3.63, 3.8) is 0 Å². The van der Waals surface area contributed by atoms with E-state index in [1.807, 2.05) is 24.3 Å². The highest BCUT2D eigenvalue weighted by atomic mass is 35.5. The number of nitrogens with one attached hydrogen (secondary N) is 2. The fraction of sp³-hybridized carbons (Fsp3) is 0.429. The first kappa shape index (κ1) is 13.2. The lowest BCUT2D eigenvalue weighted by atomic mass is 10.1. The average molecular weight is 297 g/mol. The van der Waals surface area contributed by atoms with Crippen molar-refractivity contribution in [3.05, 3.63) is 35.0 Å². The topological polar surface area (TPSA) is 44.9 Å². The number of H-pyrrole nitrogens is 1. The van der Waals surface area contributed by atoms with E-state index in [-0.39, 0.29) is 0 Å². The molecule has 102 valence electrons. The summed E-state index contributed by atoms with van der Waals surface area (Å²) in [7, 11) is -0.600. The summed E-state index contributed by atoms with van der Waals surface area (Å²) < 4.78 is 11.3. The van der Waals surface area contributed by atoms with Crippen LogP contribution in [0, 0.1) is 0 Å². The van der Waals surface area contributed by atoms with Crippen molar-refractivity contribution in [1.82, 2.24) is 10.3 Å². The third kappa shape index (κ3) is 2.86. The molecular weight excluding hydrogens is 280 g/mol. The Morgan fingerprint density at radius 3 is 2.79 bits per heavy atom. The lowest BCUT2D eigenvalue weighted by Crippen LogP contribution is -2.35. The third-order valence-electron chi connectivity index (χ3n) is 3.67. The molecule has 0 amide bonds. The van der Waals surface area contributed by atoms with E-state index in [9.17, 15) is 4.21 Å². The molecule has 1 fully saturated rings. The molecule has 2 heterocycles. The quantitative estimate of drug-likeness (QED) is 0.915. The molecule has 1 aromatic carbocycles. The molecule has 0 radical (unpaired) electrons. The number of benzene rings is 1. The summed E-state index contributed by atoms with van der Waals surface area (Å²) in [6, 6.07) is 8.52. The summed E-state index contributed by atoms with van der Waals surface area (Å²) in [4.78, 5) is 3.36. The van der Waals surface area contributed by atoms with Crippen LogP contribution in [0.25, 0.3) is 10.9 Å². The number of hydrogen-bond acceptors (Lipinski definition) is 2. The van der Waals surface area contributed by atoms with Gasteiger partial charge in [0.2, 0.25) is 0 Å². The molecule has 0 atom stereocenters. The highest BCUT2D eigenvalue weighted by molar-refractivity contribution is 7.85. The molecule has 5 heteroatoms. The van der Waals surface area contributed by atoms with E-state index >= 15 is 0 Å². The second-order valence-corrected chi connectivity index (χ2v) is 7.04. The minimum atomic E-state index is -0.600. The van der Waals surface area contributed by atoms with E-state index in [1.54, 1.807) is 0 Å². The Morgan fingerprint density at radius 1 is 1.32 bits per heavy atom. The van der Waals surface area contributed by atoms with E-state index in [4.69, 9.17) is 11.6 Å². The highest BCUT2D eigenvalue weighted by Gasteiger charge is 2.18. The van der Waals surface area contributed by atoms with Crippen molar-refractivity contribution in [3.8, 4) is 0 Å². The van der Waals surface area contributed by atoms with Gasteiger partial charge < -0.3 is 10.3 Å². The van der Waals surface area contributed by atoms with E-state index in [0.29, 0.717) is 6.04 Å². The normalized spacial score (nSPS) is 23.8. The van der Waals surface area contributed by atoms with Gasteiger partial charge in [-0.15, -0.1) is 0 Å². The number of halogens is 1. The van der Waals surface area contributed by atoms with Gasteiger partial charge in [0, 0.05) is 51.5 Å². The number of hydrogen-bond donors (Lipinski definition) is 2. The van der Waals surface area contributed by atoms with Crippen LogP contribution in [0.3, 0.4) is 0 Å². The molecule has 1 saturated heterocycles. The van der Waals surface area contributed by atoms with Crippen LogP contribution in [0.4, 0.5) is 0 Å². The third-order valence-corrected chi connectivity index (χ3v) is 5.48. The number of aromatic nitrogens is 1. The van der Waals surface area contributed by atoms with Crippen LogP contribution >= 0.6 is 11.6 Å². The smallest absolute Gasteiger partial charge is 0.0705 e. The Bertz CT molecular complexity index is 601. The van der Waals surface area contributed by atoms with Gasteiger partial charge in [-0.25, -0.2) is 0 Å². The Labute approximate surface area is 120 Å². The van der Waals surface area contributed by atoms with Crippen molar-refractivity contribution < 1.29 is 4.21 Å². The molecule has 19 heavy (non-hydrogen) atoms. The van der Waals surface area contributed by atoms with Crippen molar-refractivity contribution in [1.29, 1.82) is 0 Å². The monoisotopic (exact) mass is 296 g/mol. The minimum absolute atomic E-state index is 0.458. The van der Waals surface area contributed by atoms with Gasteiger partial charge >= 0.3 is 0 Å². The van der Waals surface area contributed by atoms with Gasteiger partial charge in [0.05, 0.1) is 5.02 Å². The predicted molar refractivity (Wildman–Crippen MR) is 81.0 cm³/mol. The van der Waals surface area contributed by atoms with Gasteiger partial charge in [-0.05, 0) is 18.9 Å². The summed E-state index contributed by atoms with van der Waals surface area (Å²) in [5.41, 5.74) is 2.11. The molecule has 1 aromatic heterocycles. The van der Waals surface area contributed by atoms with Gasteiger partial charge in [0.15, 0.2) is 0 Å². The van der Waals surface area contributed by atoms with Crippen LogP contribution in [0.15, 0.2) is 24.3 Å². The van der Waals surface area contributed by atoms with Gasteiger partial charge in [-0.2, -0.15) is 0 Å². The molecule has 0 bridgehead atoms. The SMILES string of the molecule is O=S1CCC(NCc2[nH]c3ccccc3c2Cl)CC1. The Balaban J connectivity index is 1.68. The minimum Gasteiger partial charge on any atom is -0.356 e. The molecule has 2 N–H and O–H groups in total. The fourth-order valence-corrected chi connectivity index (χ4v) is 4.11. The average Bonchev–Trinajstić information content (AvgIpc) is 2.76. The molecule has 0 spiro atoms. The van der Waals surface area contributed by atoms with E-state index < -0.39 is 10.8 Å². The maximum Gasteiger partial charge on any atom is 0.0705 e. The fourth-order valence-electron chi connectivity index (χ4n) is 2.53. The zero-order valence-corrected chi connectivity index (χ0v) is 12.2. The number of aromatic amines is 1. The zero-order valence-electron chi connectivity index (χ0n) is 10.6. The van der Waals surface area contributed by atoms with Gasteiger partial charge in [0.1, 0.15) is 0 Å². The number of fused-ring (bicyclic) bond motifs is 1. The maximum absolute atomic E-state index is 11.3. The van der Waals surface area contributed by atoms with Crippen LogP contribution in [0.1, 0.15) is 18.5 Å². The van der Waals surface area contributed by atoms with E-state index in [0.717, 1.165) is 52.5 Å². The summed E-state index contributed by atoms with van der Waals surface area (Å²) >= 11 is 6.38. The van der Waals surface area contributed by atoms with E-state index in [2.05, 4.69) is 10.3 Å².